The largest absolute Gasteiger partial charge is 0.465 e. The first kappa shape index (κ1) is 30.5. The summed E-state index contributed by atoms with van der Waals surface area (Å²) in [7, 11) is 0. The number of carbonyl (C=O) groups is 3. The van der Waals surface area contributed by atoms with Crippen molar-refractivity contribution < 1.29 is 29.0 Å². The topological polar surface area (TPSA) is 96.4 Å². The van der Waals surface area contributed by atoms with E-state index in [4.69, 9.17) is 9.47 Å². The molecule has 0 aliphatic carbocycles. The number of anilines is 1. The molecule has 1 aromatic rings. The number of alkyl halides is 1. The highest BCUT2D eigenvalue weighted by Gasteiger charge is 2.77. The molecule has 3 heterocycles. The minimum absolute atomic E-state index is 0.0109. The van der Waals surface area contributed by atoms with Crippen LogP contribution in [0.25, 0.3) is 0 Å². The second-order valence-corrected chi connectivity index (χ2v) is 12.2. The molecule has 1 N–H and O–H groups in total. The maximum atomic E-state index is 14.6. The fourth-order valence-electron chi connectivity index (χ4n) is 6.77. The molecule has 3 saturated heterocycles. The highest BCUT2D eigenvalue weighted by molar-refractivity contribution is 9.09. The van der Waals surface area contributed by atoms with Crippen molar-refractivity contribution in [1.82, 2.24) is 4.90 Å². The summed E-state index contributed by atoms with van der Waals surface area (Å²) in [6.45, 7) is 12.3. The molecule has 0 radical (unpaired) electrons. The third-order valence-electron chi connectivity index (χ3n) is 8.44. The van der Waals surface area contributed by atoms with Crippen LogP contribution in [0.2, 0.25) is 0 Å². The van der Waals surface area contributed by atoms with Crippen molar-refractivity contribution in [3.8, 4) is 0 Å². The van der Waals surface area contributed by atoms with E-state index in [1.807, 2.05) is 38.1 Å². The predicted molar refractivity (Wildman–Crippen MR) is 157 cm³/mol. The first-order valence-corrected chi connectivity index (χ1v) is 15.1. The first-order chi connectivity index (χ1) is 19.2. The van der Waals surface area contributed by atoms with Gasteiger partial charge in [0.25, 0.3) is 5.91 Å². The second kappa shape index (κ2) is 13.0. The van der Waals surface area contributed by atoms with Crippen LogP contribution in [-0.4, -0.2) is 76.7 Å². The van der Waals surface area contributed by atoms with Gasteiger partial charge in [-0.05, 0) is 63.5 Å². The Hall–Kier alpha value is -2.49. The van der Waals surface area contributed by atoms with E-state index in [1.54, 1.807) is 15.9 Å². The molecule has 0 saturated carbocycles. The number of allylic oxidation sites excluding steroid dienone is 1. The highest BCUT2D eigenvalue weighted by atomic mass is 79.9. The summed E-state index contributed by atoms with van der Waals surface area (Å²) in [6, 6.07) is 4.94. The highest BCUT2D eigenvalue weighted by Crippen LogP contribution is 2.60. The van der Waals surface area contributed by atoms with Crippen molar-refractivity contribution in [2.45, 2.75) is 74.9 Å². The maximum absolute atomic E-state index is 14.6. The van der Waals surface area contributed by atoms with E-state index in [9.17, 15) is 19.5 Å². The Morgan fingerprint density at radius 2 is 1.93 bits per heavy atom. The van der Waals surface area contributed by atoms with Crippen molar-refractivity contribution in [1.29, 1.82) is 0 Å². The van der Waals surface area contributed by atoms with Gasteiger partial charge in [0.15, 0.2) is 0 Å². The number of rotatable bonds is 14. The molecule has 2 amide bonds. The fourth-order valence-corrected chi connectivity index (χ4v) is 7.71. The molecule has 4 rings (SSSR count). The van der Waals surface area contributed by atoms with Crippen LogP contribution in [0.15, 0.2) is 43.5 Å². The zero-order valence-corrected chi connectivity index (χ0v) is 25.1. The summed E-state index contributed by atoms with van der Waals surface area (Å²) in [4.78, 5) is 45.3. The molecule has 3 fully saturated rings. The molecule has 1 spiro atoms. The molecule has 3 aliphatic rings. The summed E-state index contributed by atoms with van der Waals surface area (Å²) in [5, 5.41) is 9.41. The van der Waals surface area contributed by atoms with E-state index in [-0.39, 0.29) is 42.9 Å². The maximum Gasteiger partial charge on any atom is 0.312 e. The number of benzene rings is 1. The van der Waals surface area contributed by atoms with E-state index >= 15 is 0 Å². The lowest BCUT2D eigenvalue weighted by Crippen LogP contribution is -2.57. The van der Waals surface area contributed by atoms with Gasteiger partial charge in [0.2, 0.25) is 5.91 Å². The second-order valence-electron chi connectivity index (χ2n) is 11.1. The van der Waals surface area contributed by atoms with Crippen molar-refractivity contribution in [2.75, 3.05) is 31.2 Å². The number of nitrogens with zero attached hydrogens (tertiary/aromatic N) is 2. The molecule has 8 nitrogen and oxygen atoms in total. The summed E-state index contributed by atoms with van der Waals surface area (Å²) < 4.78 is 12.3. The van der Waals surface area contributed by atoms with E-state index in [0.29, 0.717) is 25.7 Å². The van der Waals surface area contributed by atoms with Gasteiger partial charge in [0, 0.05) is 30.2 Å². The number of para-hydroxylation sites is 1. The van der Waals surface area contributed by atoms with Crippen LogP contribution < -0.4 is 4.90 Å². The average Bonchev–Trinajstić information content (AvgIpc) is 3.51. The van der Waals surface area contributed by atoms with Crippen LogP contribution in [0.4, 0.5) is 5.69 Å². The Morgan fingerprint density at radius 3 is 2.58 bits per heavy atom. The Kier molecular flexibility index (Phi) is 9.90. The number of unbranched alkanes of at least 4 members (excludes halogenated alkanes) is 3. The minimum atomic E-state index is -1.16. The van der Waals surface area contributed by atoms with Gasteiger partial charge in [0.1, 0.15) is 11.6 Å². The van der Waals surface area contributed by atoms with Crippen molar-refractivity contribution in [3.63, 3.8) is 0 Å². The van der Waals surface area contributed by atoms with Crippen LogP contribution in [0.5, 0.6) is 0 Å². The molecule has 218 valence electrons. The molecule has 9 heteroatoms. The number of carbonyl (C=O) groups excluding carboxylic acids is 3. The molecular formula is C31H41BrN2O6. The number of likely N-dealkylation sites (tertiary alicyclic amines) is 1. The third kappa shape index (κ3) is 5.40. The van der Waals surface area contributed by atoms with Crippen LogP contribution in [0.3, 0.4) is 0 Å². The molecule has 2 bridgehead atoms. The van der Waals surface area contributed by atoms with Gasteiger partial charge >= 0.3 is 5.97 Å². The number of ether oxygens (including phenoxy) is 2. The molecule has 0 aromatic heterocycles. The minimum Gasteiger partial charge on any atom is -0.465 e. The lowest BCUT2D eigenvalue weighted by molar-refractivity contribution is -0.155. The number of fused-ring (bicyclic) bond motifs is 1. The van der Waals surface area contributed by atoms with E-state index in [2.05, 4.69) is 29.1 Å². The Morgan fingerprint density at radius 1 is 1.20 bits per heavy atom. The van der Waals surface area contributed by atoms with Gasteiger partial charge in [-0.25, -0.2) is 0 Å². The normalized spacial score (nSPS) is 28.4. The molecular weight excluding hydrogens is 576 g/mol. The molecule has 1 aromatic carbocycles. The average molecular weight is 618 g/mol. The number of esters is 1. The van der Waals surface area contributed by atoms with Gasteiger partial charge in [-0.1, -0.05) is 46.3 Å². The summed E-state index contributed by atoms with van der Waals surface area (Å²) in [5.74, 6) is -2.56. The molecule has 3 unspecified atom stereocenters. The lowest BCUT2D eigenvalue weighted by atomic mass is 9.70. The summed E-state index contributed by atoms with van der Waals surface area (Å²) in [5.41, 5.74) is 1.50. The number of hydrogen-bond acceptors (Lipinski definition) is 6. The van der Waals surface area contributed by atoms with Crippen LogP contribution in [0.1, 0.15) is 49.7 Å². The van der Waals surface area contributed by atoms with Crippen LogP contribution in [-0.2, 0) is 23.9 Å². The standard InChI is InChI=1S/C31H41BrN2O6/c1-5-7-8-11-18-39-30(38)23-24-28(36)34(16-9-10-17-35)27(31(24)19-22(32)26(23)40-31)29(37)33(15-6-2)25-20(3)13-12-14-21(25)4/h5-6,12-14,22-24,26-27,35H,1-2,7-11,15-19H2,3-4H3/t22?,23-,24-,26-,27?,31?/m0/s1. The van der Waals surface area contributed by atoms with Gasteiger partial charge in [0.05, 0.1) is 24.5 Å². The SMILES string of the molecule is C=CCCCCOC(=O)[C@H]1[C@H]2C(=O)N(CCCCO)C(C(=O)N(CC=C)c3c(C)cccc3C)C23CC(Br)[C@@H]1O3. The van der Waals surface area contributed by atoms with E-state index < -0.39 is 35.6 Å². The number of aliphatic hydroxyl groups is 1. The van der Waals surface area contributed by atoms with Gasteiger partial charge < -0.3 is 24.4 Å². The van der Waals surface area contributed by atoms with Crippen LogP contribution in [0, 0.1) is 25.7 Å². The number of aliphatic hydroxyl groups excluding tert-OH is 1. The predicted octanol–water partition coefficient (Wildman–Crippen LogP) is 4.24. The number of halogens is 1. The molecule has 6 atom stereocenters. The van der Waals surface area contributed by atoms with Crippen molar-refractivity contribution >= 4 is 39.4 Å². The zero-order chi connectivity index (χ0) is 29.0. The monoisotopic (exact) mass is 616 g/mol. The van der Waals surface area contributed by atoms with E-state index in [1.165, 1.54) is 0 Å². The molecule has 40 heavy (non-hydrogen) atoms. The van der Waals surface area contributed by atoms with Gasteiger partial charge in [-0.2, -0.15) is 0 Å². The Balaban J connectivity index is 1.71. The van der Waals surface area contributed by atoms with Crippen molar-refractivity contribution in [2.24, 2.45) is 11.8 Å². The Bertz CT molecular complexity index is 1120. The lowest BCUT2D eigenvalue weighted by Gasteiger charge is -2.37. The quantitative estimate of drug-likeness (QED) is 0.145. The smallest absolute Gasteiger partial charge is 0.312 e. The fraction of sp³-hybridized carbons (Fsp3) is 0.581. The zero-order valence-electron chi connectivity index (χ0n) is 23.5. The van der Waals surface area contributed by atoms with E-state index in [0.717, 1.165) is 29.7 Å². The Labute approximate surface area is 245 Å². The number of hydrogen-bond donors (Lipinski definition) is 1. The number of aryl methyl sites for hydroxylation is 2. The molecule has 3 aliphatic heterocycles. The van der Waals surface area contributed by atoms with Crippen LogP contribution >= 0.6 is 15.9 Å². The number of amides is 2. The first-order valence-electron chi connectivity index (χ1n) is 14.2. The third-order valence-corrected chi connectivity index (χ3v) is 9.28. The van der Waals surface area contributed by atoms with Gasteiger partial charge in [-0.15, -0.1) is 13.2 Å². The summed E-state index contributed by atoms with van der Waals surface area (Å²) >= 11 is 3.71. The van der Waals surface area contributed by atoms with Gasteiger partial charge in [-0.3, -0.25) is 14.4 Å². The summed E-state index contributed by atoms with van der Waals surface area (Å²) in [6.07, 6.45) is 6.82. The van der Waals surface area contributed by atoms with Crippen molar-refractivity contribution in [3.05, 3.63) is 54.6 Å².